The van der Waals surface area contributed by atoms with Crippen LogP contribution < -0.4 is 0 Å². The number of hydrogen-bond acceptors (Lipinski definition) is 2. The van der Waals surface area contributed by atoms with Crippen LogP contribution in [0, 0.1) is 12.7 Å². The number of hydrogen-bond donors (Lipinski definition) is 0. The second kappa shape index (κ2) is 4.55. The Hall–Kier alpha value is -0.900. The second-order valence-corrected chi connectivity index (χ2v) is 3.40. The zero-order valence-corrected chi connectivity index (χ0v) is 9.52. The minimum Gasteiger partial charge on any atom is -0.465 e. The Balaban J connectivity index is 3.37. The fraction of sp³-hybridized carbons (Fsp3) is 0.300. The number of aryl methyl sites for hydroxylation is 1. The van der Waals surface area contributed by atoms with Gasteiger partial charge in [0.25, 0.3) is 0 Å². The SMILES string of the molecule is COC(=O)c1c(F)ccc(C)c1CBr. The van der Waals surface area contributed by atoms with E-state index in [0.29, 0.717) is 10.9 Å². The molecule has 0 N–H and O–H groups in total. The quantitative estimate of drug-likeness (QED) is 0.604. The van der Waals surface area contributed by atoms with Crippen LogP contribution in [-0.2, 0) is 10.1 Å². The molecule has 0 aromatic heterocycles. The van der Waals surface area contributed by atoms with E-state index >= 15 is 0 Å². The van der Waals surface area contributed by atoms with Crippen molar-refractivity contribution in [2.75, 3.05) is 7.11 Å². The van der Waals surface area contributed by atoms with Crippen LogP contribution in [0.5, 0.6) is 0 Å². The number of rotatable bonds is 2. The smallest absolute Gasteiger partial charge is 0.341 e. The van der Waals surface area contributed by atoms with Crippen molar-refractivity contribution in [1.82, 2.24) is 0 Å². The molecule has 0 spiro atoms. The molecule has 0 saturated carbocycles. The molecule has 1 aromatic carbocycles. The maximum absolute atomic E-state index is 13.3. The van der Waals surface area contributed by atoms with E-state index in [4.69, 9.17) is 0 Å². The molecule has 0 radical (unpaired) electrons. The molecule has 0 atom stereocenters. The van der Waals surface area contributed by atoms with Gasteiger partial charge in [0.15, 0.2) is 0 Å². The molecule has 14 heavy (non-hydrogen) atoms. The Bertz CT molecular complexity index is 363. The van der Waals surface area contributed by atoms with E-state index in [-0.39, 0.29) is 5.56 Å². The molecule has 0 bridgehead atoms. The monoisotopic (exact) mass is 260 g/mol. The van der Waals surface area contributed by atoms with Crippen molar-refractivity contribution < 1.29 is 13.9 Å². The average Bonchev–Trinajstić information content (AvgIpc) is 2.19. The third kappa shape index (κ3) is 1.95. The molecular formula is C10H10BrFO2. The van der Waals surface area contributed by atoms with E-state index in [0.717, 1.165) is 5.56 Å². The van der Waals surface area contributed by atoms with E-state index < -0.39 is 11.8 Å². The minimum atomic E-state index is -0.638. The Labute approximate surface area is 90.2 Å². The topological polar surface area (TPSA) is 26.3 Å². The summed E-state index contributed by atoms with van der Waals surface area (Å²) in [6.07, 6.45) is 0. The number of esters is 1. The van der Waals surface area contributed by atoms with Crippen LogP contribution >= 0.6 is 15.9 Å². The van der Waals surface area contributed by atoms with Crippen LogP contribution in [0.25, 0.3) is 0 Å². The average molecular weight is 261 g/mol. The number of ether oxygens (including phenoxy) is 1. The maximum Gasteiger partial charge on any atom is 0.341 e. The lowest BCUT2D eigenvalue weighted by atomic mass is 10.0. The summed E-state index contributed by atoms with van der Waals surface area (Å²) in [5.41, 5.74) is 1.52. The summed E-state index contributed by atoms with van der Waals surface area (Å²) in [5.74, 6) is -1.18. The highest BCUT2D eigenvalue weighted by Crippen LogP contribution is 2.21. The summed E-state index contributed by atoms with van der Waals surface area (Å²) < 4.78 is 17.8. The van der Waals surface area contributed by atoms with Crippen LogP contribution in [0.2, 0.25) is 0 Å². The van der Waals surface area contributed by atoms with Crippen LogP contribution in [-0.4, -0.2) is 13.1 Å². The largest absolute Gasteiger partial charge is 0.465 e. The van der Waals surface area contributed by atoms with Gasteiger partial charge in [0, 0.05) is 5.33 Å². The Kier molecular flexibility index (Phi) is 3.63. The molecule has 0 aliphatic heterocycles. The fourth-order valence-electron chi connectivity index (χ4n) is 1.22. The number of halogens is 2. The van der Waals surface area contributed by atoms with Crippen molar-refractivity contribution >= 4 is 21.9 Å². The van der Waals surface area contributed by atoms with E-state index in [1.807, 2.05) is 6.92 Å². The first-order valence-corrected chi connectivity index (χ1v) is 5.16. The van der Waals surface area contributed by atoms with Crippen molar-refractivity contribution in [3.63, 3.8) is 0 Å². The van der Waals surface area contributed by atoms with Gasteiger partial charge in [0.05, 0.1) is 12.7 Å². The molecule has 0 fully saturated rings. The minimum absolute atomic E-state index is 0.0179. The van der Waals surface area contributed by atoms with Crippen LogP contribution in [0.3, 0.4) is 0 Å². The summed E-state index contributed by atoms with van der Waals surface area (Å²) >= 11 is 3.22. The van der Waals surface area contributed by atoms with E-state index in [1.165, 1.54) is 13.2 Å². The van der Waals surface area contributed by atoms with Gasteiger partial charge in [-0.15, -0.1) is 0 Å². The molecule has 1 aromatic rings. The normalized spacial score (nSPS) is 10.0. The van der Waals surface area contributed by atoms with Crippen LogP contribution in [0.15, 0.2) is 12.1 Å². The van der Waals surface area contributed by atoms with Crippen molar-refractivity contribution in [2.45, 2.75) is 12.3 Å². The van der Waals surface area contributed by atoms with Crippen molar-refractivity contribution in [3.8, 4) is 0 Å². The molecule has 0 aliphatic rings. The number of carbonyl (C=O) groups is 1. The zero-order valence-electron chi connectivity index (χ0n) is 7.93. The summed E-state index contributed by atoms with van der Waals surface area (Å²) in [7, 11) is 1.24. The van der Waals surface area contributed by atoms with Gasteiger partial charge in [-0.3, -0.25) is 0 Å². The summed E-state index contributed by atoms with van der Waals surface area (Å²) in [6, 6.07) is 2.91. The summed E-state index contributed by atoms with van der Waals surface area (Å²) in [4.78, 5) is 11.3. The standard InChI is InChI=1S/C10H10BrFO2/c1-6-3-4-8(12)9(7(6)5-11)10(13)14-2/h3-4H,5H2,1-2H3. The van der Waals surface area contributed by atoms with Gasteiger partial charge in [-0.1, -0.05) is 22.0 Å². The summed E-state index contributed by atoms with van der Waals surface area (Å²) in [5, 5.41) is 0.432. The zero-order chi connectivity index (χ0) is 10.7. The first kappa shape index (κ1) is 11.2. The molecule has 4 heteroatoms. The number of benzene rings is 1. The Morgan fingerprint density at radius 1 is 1.57 bits per heavy atom. The first-order valence-electron chi connectivity index (χ1n) is 4.04. The molecular weight excluding hydrogens is 251 g/mol. The van der Waals surface area contributed by atoms with Gasteiger partial charge in [-0.05, 0) is 24.1 Å². The molecule has 1 rings (SSSR count). The van der Waals surface area contributed by atoms with E-state index in [1.54, 1.807) is 6.07 Å². The highest BCUT2D eigenvalue weighted by Gasteiger charge is 2.18. The van der Waals surface area contributed by atoms with Gasteiger partial charge < -0.3 is 4.74 Å². The fourth-order valence-corrected chi connectivity index (χ4v) is 1.94. The number of alkyl halides is 1. The van der Waals surface area contributed by atoms with Crippen LogP contribution in [0.1, 0.15) is 21.5 Å². The first-order chi connectivity index (χ1) is 6.61. The molecule has 0 amide bonds. The maximum atomic E-state index is 13.3. The van der Waals surface area contributed by atoms with Gasteiger partial charge >= 0.3 is 5.97 Å². The highest BCUT2D eigenvalue weighted by molar-refractivity contribution is 9.08. The molecule has 0 unspecified atom stereocenters. The van der Waals surface area contributed by atoms with E-state index in [9.17, 15) is 9.18 Å². The van der Waals surface area contributed by atoms with Crippen molar-refractivity contribution in [2.24, 2.45) is 0 Å². The third-order valence-electron chi connectivity index (χ3n) is 2.02. The predicted octanol–water partition coefficient (Wildman–Crippen LogP) is 2.82. The molecule has 0 saturated heterocycles. The lowest BCUT2D eigenvalue weighted by Crippen LogP contribution is -2.09. The van der Waals surface area contributed by atoms with Gasteiger partial charge in [-0.25, -0.2) is 9.18 Å². The molecule has 76 valence electrons. The molecule has 2 nitrogen and oxygen atoms in total. The Morgan fingerprint density at radius 3 is 2.71 bits per heavy atom. The highest BCUT2D eigenvalue weighted by atomic mass is 79.9. The van der Waals surface area contributed by atoms with Gasteiger partial charge in [-0.2, -0.15) is 0 Å². The summed E-state index contributed by atoms with van der Waals surface area (Å²) in [6.45, 7) is 1.82. The van der Waals surface area contributed by atoms with Gasteiger partial charge in [0.1, 0.15) is 5.82 Å². The van der Waals surface area contributed by atoms with Gasteiger partial charge in [0.2, 0.25) is 0 Å². The predicted molar refractivity (Wildman–Crippen MR) is 55.1 cm³/mol. The second-order valence-electron chi connectivity index (χ2n) is 2.84. The lowest BCUT2D eigenvalue weighted by molar-refractivity contribution is 0.0594. The lowest BCUT2D eigenvalue weighted by Gasteiger charge is -2.09. The van der Waals surface area contributed by atoms with E-state index in [2.05, 4.69) is 20.7 Å². The third-order valence-corrected chi connectivity index (χ3v) is 2.58. The number of methoxy groups -OCH3 is 1. The number of carbonyl (C=O) groups excluding carboxylic acids is 1. The van der Waals surface area contributed by atoms with Crippen molar-refractivity contribution in [1.29, 1.82) is 0 Å². The molecule has 0 aliphatic carbocycles. The Morgan fingerprint density at radius 2 is 2.21 bits per heavy atom. The van der Waals surface area contributed by atoms with Crippen molar-refractivity contribution in [3.05, 3.63) is 34.6 Å². The van der Waals surface area contributed by atoms with Crippen LogP contribution in [0.4, 0.5) is 4.39 Å². The molecule has 0 heterocycles.